The van der Waals surface area contributed by atoms with E-state index in [1.54, 1.807) is 6.08 Å². The third-order valence-electron chi connectivity index (χ3n) is 1.47. The maximum Gasteiger partial charge on any atom is 0.182 e. The van der Waals surface area contributed by atoms with E-state index in [1.807, 2.05) is 26.1 Å². The first kappa shape index (κ1) is 10.9. The zero-order chi connectivity index (χ0) is 8.91. The number of aliphatic hydroxyl groups excluding tert-OH is 1. The molecule has 0 aromatic rings. The lowest BCUT2D eigenvalue weighted by molar-refractivity contribution is 0.217. The largest absolute Gasteiger partial charge is 0.432 e. The van der Waals surface area contributed by atoms with Gasteiger partial charge in [0.15, 0.2) is 8.32 Å². The van der Waals surface area contributed by atoms with E-state index < -0.39 is 8.32 Å². The molecular weight excluding hydrogens is 156 g/mol. The van der Waals surface area contributed by atoms with Gasteiger partial charge in [-0.2, -0.15) is 0 Å². The molecule has 2 N–H and O–H groups in total. The van der Waals surface area contributed by atoms with Crippen LogP contribution in [0.15, 0.2) is 12.2 Å². The van der Waals surface area contributed by atoms with Crippen molar-refractivity contribution in [3.63, 3.8) is 0 Å². The minimum absolute atomic E-state index is 0.376. The van der Waals surface area contributed by atoms with E-state index in [-0.39, 0.29) is 6.10 Å². The molecule has 0 rings (SSSR count). The molecule has 2 nitrogen and oxygen atoms in total. The molecule has 0 aliphatic carbocycles. The summed E-state index contributed by atoms with van der Waals surface area (Å²) >= 11 is 0. The van der Waals surface area contributed by atoms with Crippen molar-refractivity contribution in [1.29, 1.82) is 0 Å². The molecule has 0 aromatic heterocycles. The molecule has 0 fully saturated rings. The summed E-state index contributed by atoms with van der Waals surface area (Å²) in [4.78, 5) is 9.44. The third kappa shape index (κ3) is 7.78. The molecule has 0 bridgehead atoms. The van der Waals surface area contributed by atoms with Crippen LogP contribution in [0.2, 0.25) is 19.1 Å². The zero-order valence-corrected chi connectivity index (χ0v) is 8.54. The highest BCUT2D eigenvalue weighted by Gasteiger charge is 2.17. The van der Waals surface area contributed by atoms with Crippen LogP contribution < -0.4 is 0 Å². The molecule has 0 amide bonds. The Kier molecular flexibility index (Phi) is 4.64. The van der Waals surface area contributed by atoms with Gasteiger partial charge in [-0.1, -0.05) is 12.2 Å². The second-order valence-electron chi connectivity index (χ2n) is 3.44. The Labute approximate surface area is 69.7 Å². The smallest absolute Gasteiger partial charge is 0.182 e. The van der Waals surface area contributed by atoms with Crippen LogP contribution in [0.1, 0.15) is 13.3 Å². The Hall–Kier alpha value is -0.123. The minimum atomic E-state index is -1.94. The van der Waals surface area contributed by atoms with Gasteiger partial charge in [0.25, 0.3) is 0 Å². The molecule has 1 unspecified atom stereocenters. The first-order chi connectivity index (χ1) is 4.95. The van der Waals surface area contributed by atoms with E-state index in [1.165, 1.54) is 0 Å². The molecule has 0 saturated carbocycles. The van der Waals surface area contributed by atoms with Crippen LogP contribution in [0.25, 0.3) is 0 Å². The van der Waals surface area contributed by atoms with Gasteiger partial charge in [-0.05, 0) is 32.5 Å². The fraction of sp³-hybridized carbons (Fsp3) is 0.750. The third-order valence-corrected chi connectivity index (χ3v) is 2.98. The van der Waals surface area contributed by atoms with E-state index >= 15 is 0 Å². The van der Waals surface area contributed by atoms with Gasteiger partial charge in [0.05, 0.1) is 6.10 Å². The first-order valence-electron chi connectivity index (χ1n) is 3.99. The number of hydrogen-bond donors (Lipinski definition) is 2. The predicted octanol–water partition coefficient (Wildman–Crippen LogP) is 1.51. The van der Waals surface area contributed by atoms with E-state index in [0.29, 0.717) is 6.42 Å². The van der Waals surface area contributed by atoms with Crippen molar-refractivity contribution in [2.24, 2.45) is 0 Å². The summed E-state index contributed by atoms with van der Waals surface area (Å²) in [6, 6.07) is 0.762. The van der Waals surface area contributed by atoms with Crippen LogP contribution in [-0.2, 0) is 0 Å². The molecule has 0 heterocycles. The number of rotatable bonds is 4. The quantitative estimate of drug-likeness (QED) is 0.501. The Morgan fingerprint density at radius 2 is 2.00 bits per heavy atom. The van der Waals surface area contributed by atoms with Crippen LogP contribution in [0.5, 0.6) is 0 Å². The highest BCUT2D eigenvalue weighted by molar-refractivity contribution is 6.69. The van der Waals surface area contributed by atoms with Crippen molar-refractivity contribution >= 4 is 8.32 Å². The van der Waals surface area contributed by atoms with Gasteiger partial charge in [-0.3, -0.25) is 0 Å². The molecule has 0 spiro atoms. The van der Waals surface area contributed by atoms with Crippen LogP contribution in [-0.4, -0.2) is 24.3 Å². The lowest BCUT2D eigenvalue weighted by Gasteiger charge is -2.14. The molecule has 1 atom stereocenters. The van der Waals surface area contributed by atoms with Gasteiger partial charge in [-0.25, -0.2) is 0 Å². The summed E-state index contributed by atoms with van der Waals surface area (Å²) in [5.41, 5.74) is 0. The van der Waals surface area contributed by atoms with Crippen LogP contribution >= 0.6 is 0 Å². The van der Waals surface area contributed by atoms with Crippen molar-refractivity contribution in [3.8, 4) is 0 Å². The fourth-order valence-electron chi connectivity index (χ4n) is 0.819. The van der Waals surface area contributed by atoms with E-state index in [2.05, 4.69) is 0 Å². The fourth-order valence-corrected chi connectivity index (χ4v) is 1.82. The molecule has 0 aliphatic rings. The van der Waals surface area contributed by atoms with Crippen molar-refractivity contribution in [3.05, 3.63) is 12.2 Å². The predicted molar refractivity (Wildman–Crippen MR) is 49.9 cm³/mol. The van der Waals surface area contributed by atoms with Gasteiger partial charge in [0.1, 0.15) is 0 Å². The highest BCUT2D eigenvalue weighted by atomic mass is 28.4. The molecular formula is C8H18O2Si. The summed E-state index contributed by atoms with van der Waals surface area (Å²) in [6.07, 6.45) is 3.88. The average Bonchev–Trinajstić information content (AvgIpc) is 1.83. The summed E-state index contributed by atoms with van der Waals surface area (Å²) in [5.74, 6) is 0. The molecule has 66 valence electrons. The van der Waals surface area contributed by atoms with Crippen LogP contribution in [0, 0.1) is 0 Å². The summed E-state index contributed by atoms with van der Waals surface area (Å²) in [5, 5.41) is 9.24. The number of hydrogen-bond acceptors (Lipinski definition) is 2. The normalized spacial score (nSPS) is 15.7. The van der Waals surface area contributed by atoms with E-state index in [0.717, 1.165) is 6.04 Å². The number of allylic oxidation sites excluding steroid dienone is 1. The Bertz CT molecular complexity index is 127. The van der Waals surface area contributed by atoms with Crippen LogP contribution in [0.3, 0.4) is 0 Å². The van der Waals surface area contributed by atoms with Gasteiger partial charge < -0.3 is 9.90 Å². The average molecular weight is 174 g/mol. The molecule has 0 aromatic carbocycles. The lowest BCUT2D eigenvalue weighted by atomic mass is 10.2. The second-order valence-corrected chi connectivity index (χ2v) is 7.57. The van der Waals surface area contributed by atoms with E-state index in [4.69, 9.17) is 0 Å². The van der Waals surface area contributed by atoms with E-state index in [9.17, 15) is 9.90 Å². The number of aliphatic hydroxyl groups is 1. The summed E-state index contributed by atoms with van der Waals surface area (Å²) in [6.45, 7) is 5.65. The topological polar surface area (TPSA) is 40.5 Å². The monoisotopic (exact) mass is 174 g/mol. The molecule has 0 saturated heterocycles. The minimum Gasteiger partial charge on any atom is -0.432 e. The molecule has 11 heavy (non-hydrogen) atoms. The maximum atomic E-state index is 9.44. The summed E-state index contributed by atoms with van der Waals surface area (Å²) in [7, 11) is -1.94. The van der Waals surface area contributed by atoms with Gasteiger partial charge in [-0.15, -0.1) is 0 Å². The summed E-state index contributed by atoms with van der Waals surface area (Å²) < 4.78 is 0. The lowest BCUT2D eigenvalue weighted by Crippen LogP contribution is -2.26. The maximum absolute atomic E-state index is 9.44. The Balaban J connectivity index is 3.54. The molecule has 0 radical (unpaired) electrons. The van der Waals surface area contributed by atoms with Gasteiger partial charge in [0.2, 0.25) is 0 Å². The van der Waals surface area contributed by atoms with Gasteiger partial charge in [0, 0.05) is 0 Å². The van der Waals surface area contributed by atoms with Crippen molar-refractivity contribution < 1.29 is 9.90 Å². The van der Waals surface area contributed by atoms with Crippen molar-refractivity contribution in [1.82, 2.24) is 0 Å². The standard InChI is InChI=1S/C8H18O2Si/c1-4-5-8(9)6-7-11(2,3)10/h4-5,8-10H,6-7H2,1-3H3/b5-4-. The molecule has 0 aliphatic heterocycles. The second kappa shape index (κ2) is 4.69. The zero-order valence-electron chi connectivity index (χ0n) is 7.54. The van der Waals surface area contributed by atoms with Gasteiger partial charge >= 0.3 is 0 Å². The Morgan fingerprint density at radius 1 is 1.45 bits per heavy atom. The van der Waals surface area contributed by atoms with Crippen molar-refractivity contribution in [2.75, 3.05) is 0 Å². The first-order valence-corrected chi connectivity index (χ1v) is 7.14. The Morgan fingerprint density at radius 3 is 2.36 bits per heavy atom. The molecule has 3 heteroatoms. The SMILES string of the molecule is C/C=C\C(O)CC[Si](C)(C)O. The highest BCUT2D eigenvalue weighted by Crippen LogP contribution is 2.10. The van der Waals surface area contributed by atoms with Crippen molar-refractivity contribution in [2.45, 2.75) is 38.6 Å². The van der Waals surface area contributed by atoms with Crippen LogP contribution in [0.4, 0.5) is 0 Å².